The number of aromatic nitrogens is 2. The molecule has 2 aromatic carbocycles. The molecular formula is C25H24N4O4S. The minimum absolute atomic E-state index is 0.199. The largest absolute Gasteiger partial charge is 0.494 e. The Labute approximate surface area is 200 Å². The lowest BCUT2D eigenvalue weighted by molar-refractivity contribution is -0.116. The maximum Gasteiger partial charge on any atom is 0.266 e. The van der Waals surface area contributed by atoms with Crippen molar-refractivity contribution in [2.75, 3.05) is 17.2 Å². The zero-order valence-electron chi connectivity index (χ0n) is 19.0. The minimum Gasteiger partial charge on any atom is -0.494 e. The summed E-state index contributed by atoms with van der Waals surface area (Å²) in [6.45, 7) is 5.88. The minimum atomic E-state index is -0.365. The molecule has 0 fully saturated rings. The normalized spacial score (nSPS) is 10.8. The summed E-state index contributed by atoms with van der Waals surface area (Å²) in [7, 11) is 0. The Kier molecular flexibility index (Phi) is 6.74. The summed E-state index contributed by atoms with van der Waals surface area (Å²) in [6, 6.07) is 14.5. The van der Waals surface area contributed by atoms with Crippen LogP contribution in [0.15, 0.2) is 59.7 Å². The van der Waals surface area contributed by atoms with Gasteiger partial charge in [0.25, 0.3) is 11.5 Å². The van der Waals surface area contributed by atoms with Crippen molar-refractivity contribution in [2.45, 2.75) is 27.3 Å². The van der Waals surface area contributed by atoms with E-state index in [-0.39, 0.29) is 23.9 Å². The summed E-state index contributed by atoms with van der Waals surface area (Å²) in [5.41, 5.74) is 2.42. The first kappa shape index (κ1) is 23.2. The summed E-state index contributed by atoms with van der Waals surface area (Å²) in [5, 5.41) is 6.00. The molecule has 8 nitrogen and oxygen atoms in total. The molecule has 2 amide bonds. The SMILES string of the molecule is CCOc1ccc(NC(=O)Cn2cnc3sc(C(=O)Nc4ccccc4C)c(C)c3c2=O)cc1. The molecule has 174 valence electrons. The van der Waals surface area contributed by atoms with E-state index in [0.29, 0.717) is 44.4 Å². The third-order valence-electron chi connectivity index (χ3n) is 5.28. The molecule has 0 atom stereocenters. The van der Waals surface area contributed by atoms with Gasteiger partial charge in [0.1, 0.15) is 17.1 Å². The average Bonchev–Trinajstić information content (AvgIpc) is 3.16. The molecule has 2 heterocycles. The molecule has 0 aliphatic heterocycles. The number of fused-ring (bicyclic) bond motifs is 1. The lowest BCUT2D eigenvalue weighted by Gasteiger charge is -2.08. The molecular weight excluding hydrogens is 452 g/mol. The van der Waals surface area contributed by atoms with Crippen molar-refractivity contribution in [1.82, 2.24) is 9.55 Å². The van der Waals surface area contributed by atoms with E-state index in [4.69, 9.17) is 4.74 Å². The molecule has 0 aliphatic rings. The predicted octanol–water partition coefficient (Wildman–Crippen LogP) is 4.36. The first-order chi connectivity index (χ1) is 16.4. The van der Waals surface area contributed by atoms with Crippen LogP contribution in [0.4, 0.5) is 11.4 Å². The van der Waals surface area contributed by atoms with Crippen molar-refractivity contribution in [3.05, 3.63) is 81.2 Å². The number of carbonyl (C=O) groups is 2. The summed E-state index contributed by atoms with van der Waals surface area (Å²) in [4.78, 5) is 43.7. The van der Waals surface area contributed by atoms with Gasteiger partial charge in [0.2, 0.25) is 5.91 Å². The van der Waals surface area contributed by atoms with Crippen molar-refractivity contribution in [3.8, 4) is 5.75 Å². The average molecular weight is 477 g/mol. The molecule has 0 radical (unpaired) electrons. The van der Waals surface area contributed by atoms with Crippen LogP contribution >= 0.6 is 11.3 Å². The smallest absolute Gasteiger partial charge is 0.266 e. The van der Waals surface area contributed by atoms with Crippen LogP contribution in [0.1, 0.15) is 27.7 Å². The summed E-state index contributed by atoms with van der Waals surface area (Å²) < 4.78 is 6.64. The molecule has 34 heavy (non-hydrogen) atoms. The Morgan fingerprint density at radius 2 is 1.79 bits per heavy atom. The van der Waals surface area contributed by atoms with Crippen molar-refractivity contribution in [3.63, 3.8) is 0 Å². The Bertz CT molecular complexity index is 1420. The maximum absolute atomic E-state index is 13.1. The van der Waals surface area contributed by atoms with Crippen LogP contribution in [0, 0.1) is 13.8 Å². The number of hydrogen-bond acceptors (Lipinski definition) is 6. The first-order valence-electron chi connectivity index (χ1n) is 10.8. The van der Waals surface area contributed by atoms with Gasteiger partial charge in [0.05, 0.1) is 23.2 Å². The van der Waals surface area contributed by atoms with Gasteiger partial charge in [-0.3, -0.25) is 19.0 Å². The van der Waals surface area contributed by atoms with E-state index >= 15 is 0 Å². The third kappa shape index (κ3) is 4.84. The van der Waals surface area contributed by atoms with Gasteiger partial charge in [0.15, 0.2) is 0 Å². The molecule has 0 spiro atoms. The van der Waals surface area contributed by atoms with E-state index in [1.165, 1.54) is 10.9 Å². The number of carbonyl (C=O) groups excluding carboxylic acids is 2. The van der Waals surface area contributed by atoms with E-state index in [0.717, 1.165) is 16.9 Å². The fourth-order valence-corrected chi connectivity index (χ4v) is 4.57. The zero-order chi connectivity index (χ0) is 24.2. The lowest BCUT2D eigenvalue weighted by Crippen LogP contribution is -2.28. The van der Waals surface area contributed by atoms with Crippen LogP contribution in [0.5, 0.6) is 5.75 Å². The molecule has 0 aliphatic carbocycles. The van der Waals surface area contributed by atoms with E-state index in [9.17, 15) is 14.4 Å². The Hall–Kier alpha value is -3.98. The van der Waals surface area contributed by atoms with Crippen LogP contribution in [0.25, 0.3) is 10.2 Å². The number of nitrogens with one attached hydrogen (secondary N) is 2. The topological polar surface area (TPSA) is 102 Å². The molecule has 0 saturated heterocycles. The highest BCUT2D eigenvalue weighted by atomic mass is 32.1. The Morgan fingerprint density at radius 3 is 2.50 bits per heavy atom. The van der Waals surface area contributed by atoms with Gasteiger partial charge in [-0.05, 0) is 62.2 Å². The third-order valence-corrected chi connectivity index (χ3v) is 6.48. The fraction of sp³-hybridized carbons (Fsp3) is 0.200. The molecule has 0 saturated carbocycles. The second kappa shape index (κ2) is 9.88. The number of ether oxygens (including phenoxy) is 1. The maximum atomic E-state index is 13.1. The van der Waals surface area contributed by atoms with Gasteiger partial charge >= 0.3 is 0 Å². The van der Waals surface area contributed by atoms with Crippen LogP contribution in [-0.2, 0) is 11.3 Å². The fourth-order valence-electron chi connectivity index (χ4n) is 3.54. The number of para-hydroxylation sites is 1. The molecule has 4 aromatic rings. The van der Waals surface area contributed by atoms with Gasteiger partial charge in [-0.15, -0.1) is 11.3 Å². The van der Waals surface area contributed by atoms with Crippen LogP contribution in [0.2, 0.25) is 0 Å². The highest BCUT2D eigenvalue weighted by Gasteiger charge is 2.20. The molecule has 2 N–H and O–H groups in total. The number of rotatable bonds is 7. The van der Waals surface area contributed by atoms with Crippen molar-refractivity contribution in [2.24, 2.45) is 0 Å². The van der Waals surface area contributed by atoms with Crippen LogP contribution in [0.3, 0.4) is 0 Å². The van der Waals surface area contributed by atoms with Gasteiger partial charge < -0.3 is 15.4 Å². The second-order valence-corrected chi connectivity index (χ2v) is 8.69. The standard InChI is InChI=1S/C25H24N4O4S/c1-4-33-18-11-9-17(10-12-18)27-20(30)13-29-14-26-24-21(25(29)32)16(3)22(34-24)23(31)28-19-8-6-5-7-15(19)2/h5-12,14H,4,13H2,1-3H3,(H,27,30)(H,28,31). The van der Waals surface area contributed by atoms with Crippen LogP contribution < -0.4 is 20.9 Å². The highest BCUT2D eigenvalue weighted by Crippen LogP contribution is 2.28. The molecule has 4 rings (SSSR count). The summed E-state index contributed by atoms with van der Waals surface area (Å²) >= 11 is 1.16. The Morgan fingerprint density at radius 1 is 1.06 bits per heavy atom. The quantitative estimate of drug-likeness (QED) is 0.413. The highest BCUT2D eigenvalue weighted by molar-refractivity contribution is 7.20. The summed E-state index contributed by atoms with van der Waals surface area (Å²) in [5.74, 6) is 0.0494. The monoisotopic (exact) mass is 476 g/mol. The van der Waals surface area contributed by atoms with E-state index in [2.05, 4.69) is 15.6 Å². The van der Waals surface area contributed by atoms with E-state index in [1.54, 1.807) is 31.2 Å². The number of nitrogens with zero attached hydrogens (tertiary/aromatic N) is 2. The number of thiophene rings is 1. The zero-order valence-corrected chi connectivity index (χ0v) is 19.9. The van der Waals surface area contributed by atoms with Gasteiger partial charge in [0, 0.05) is 11.4 Å². The van der Waals surface area contributed by atoms with E-state index < -0.39 is 0 Å². The van der Waals surface area contributed by atoms with Crippen molar-refractivity contribution in [1.29, 1.82) is 0 Å². The molecule has 0 unspecified atom stereocenters. The molecule has 2 aromatic heterocycles. The van der Waals surface area contributed by atoms with Gasteiger partial charge in [-0.1, -0.05) is 18.2 Å². The van der Waals surface area contributed by atoms with Crippen LogP contribution in [-0.4, -0.2) is 28.0 Å². The lowest BCUT2D eigenvalue weighted by atomic mass is 10.2. The Balaban J connectivity index is 1.53. The number of hydrogen-bond donors (Lipinski definition) is 2. The predicted molar refractivity (Wildman–Crippen MR) is 134 cm³/mol. The number of anilines is 2. The van der Waals surface area contributed by atoms with Gasteiger partial charge in [-0.25, -0.2) is 4.98 Å². The van der Waals surface area contributed by atoms with E-state index in [1.807, 2.05) is 38.1 Å². The first-order valence-corrected chi connectivity index (χ1v) is 11.6. The van der Waals surface area contributed by atoms with Gasteiger partial charge in [-0.2, -0.15) is 0 Å². The molecule has 0 bridgehead atoms. The van der Waals surface area contributed by atoms with Crippen molar-refractivity contribution >= 4 is 44.7 Å². The summed E-state index contributed by atoms with van der Waals surface area (Å²) in [6.07, 6.45) is 1.33. The number of amides is 2. The van der Waals surface area contributed by atoms with Crippen molar-refractivity contribution < 1.29 is 14.3 Å². The number of aryl methyl sites for hydroxylation is 2. The second-order valence-electron chi connectivity index (χ2n) is 7.69. The number of benzene rings is 2. The molecule has 9 heteroatoms.